The lowest BCUT2D eigenvalue weighted by atomic mass is 9.51. The Hall–Kier alpha value is -1.61. The number of hydrogen-bond acceptors (Lipinski definition) is 2. The molecule has 0 aromatic heterocycles. The van der Waals surface area contributed by atoms with Crippen molar-refractivity contribution in [1.82, 2.24) is 5.32 Å². The van der Waals surface area contributed by atoms with Crippen LogP contribution in [0.2, 0.25) is 0 Å². The summed E-state index contributed by atoms with van der Waals surface area (Å²) in [7, 11) is 0. The largest absolute Gasteiger partial charge is 0.388 e. The number of rotatable bonds is 9. The molecule has 1 aromatic rings. The van der Waals surface area contributed by atoms with E-state index in [0.717, 1.165) is 19.4 Å². The monoisotopic (exact) mass is 370 g/mol. The molecule has 148 valence electrons. The maximum absolute atomic E-state index is 12.7. The van der Waals surface area contributed by atoms with E-state index in [4.69, 9.17) is 5.73 Å². The van der Waals surface area contributed by atoms with Crippen LogP contribution in [-0.4, -0.2) is 13.1 Å². The third kappa shape index (κ3) is 4.13. The molecule has 3 N–H and O–H groups in total. The van der Waals surface area contributed by atoms with Gasteiger partial charge in [0.15, 0.2) is 0 Å². The maximum Gasteiger partial charge on any atom is 0.0871 e. The minimum Gasteiger partial charge on any atom is -0.388 e. The molecule has 3 heteroatoms. The summed E-state index contributed by atoms with van der Waals surface area (Å²) >= 11 is 0. The fraction of sp³-hybridized carbons (Fsp3) is 0.583. The van der Waals surface area contributed by atoms with Gasteiger partial charge in [0.2, 0.25) is 0 Å². The summed E-state index contributed by atoms with van der Waals surface area (Å²) in [5, 5.41) is 3.58. The van der Waals surface area contributed by atoms with Crippen LogP contribution in [-0.2, 0) is 11.8 Å². The average Bonchev–Trinajstić information content (AvgIpc) is 2.74. The van der Waals surface area contributed by atoms with Crippen molar-refractivity contribution in [3.8, 4) is 0 Å². The van der Waals surface area contributed by atoms with Crippen LogP contribution in [0.5, 0.6) is 0 Å². The molecule has 2 nitrogen and oxygen atoms in total. The van der Waals surface area contributed by atoms with E-state index in [2.05, 4.69) is 43.1 Å². The Balaban J connectivity index is 1.63. The smallest absolute Gasteiger partial charge is 0.0871 e. The van der Waals surface area contributed by atoms with E-state index in [1.54, 1.807) is 0 Å². The van der Waals surface area contributed by atoms with Crippen molar-refractivity contribution >= 4 is 0 Å². The van der Waals surface area contributed by atoms with Crippen molar-refractivity contribution in [2.45, 2.75) is 70.1 Å². The van der Waals surface area contributed by atoms with Crippen LogP contribution in [0.25, 0.3) is 0 Å². The Labute approximate surface area is 164 Å². The molecule has 0 saturated heterocycles. The van der Waals surface area contributed by atoms with Gasteiger partial charge in [0.05, 0.1) is 6.33 Å². The molecule has 3 aliphatic carbocycles. The molecule has 0 aliphatic heterocycles. The second-order valence-electron chi connectivity index (χ2n) is 8.63. The molecule has 3 fully saturated rings. The number of nitrogens with two attached hydrogens (primary N) is 1. The lowest BCUT2D eigenvalue weighted by Crippen LogP contribution is -2.47. The highest BCUT2D eigenvalue weighted by atomic mass is 19.1. The van der Waals surface area contributed by atoms with Gasteiger partial charge in [-0.1, -0.05) is 37.8 Å². The molecule has 3 saturated carbocycles. The predicted octanol–water partition coefficient (Wildman–Crippen LogP) is 5.54. The SMILES string of the molecule is C=C(NCCC)C12CCC(c3ccc(CC/C(=C/F)CN)cc3)(CC1)CC2. The van der Waals surface area contributed by atoms with Crippen molar-refractivity contribution in [2.24, 2.45) is 11.1 Å². The van der Waals surface area contributed by atoms with Crippen LogP contribution in [0.4, 0.5) is 4.39 Å². The van der Waals surface area contributed by atoms with Gasteiger partial charge in [0.1, 0.15) is 0 Å². The van der Waals surface area contributed by atoms with Gasteiger partial charge < -0.3 is 11.1 Å². The molecule has 0 spiro atoms. The van der Waals surface area contributed by atoms with Gasteiger partial charge in [-0.15, -0.1) is 0 Å². The van der Waals surface area contributed by atoms with Crippen molar-refractivity contribution in [3.05, 3.63) is 59.6 Å². The standard InChI is InChI=1S/C24H35FN2/c1-3-16-27-19(2)23-10-13-24(14-11-23,15-12-23)22-8-6-20(7-9-22)4-5-21(17-25)18-26/h6-9,17,27H,2-5,10-16,18,26H2,1H3/b21-17-. The van der Waals surface area contributed by atoms with Crippen LogP contribution < -0.4 is 11.1 Å². The van der Waals surface area contributed by atoms with Gasteiger partial charge in [0, 0.05) is 24.2 Å². The summed E-state index contributed by atoms with van der Waals surface area (Å²) in [6.07, 6.45) is 10.9. The normalized spacial score (nSPS) is 27.6. The molecule has 0 unspecified atom stereocenters. The molecule has 0 amide bonds. The van der Waals surface area contributed by atoms with Crippen molar-refractivity contribution < 1.29 is 4.39 Å². The number of aryl methyl sites for hydroxylation is 1. The first kappa shape index (κ1) is 20.1. The van der Waals surface area contributed by atoms with Gasteiger partial charge in [0.25, 0.3) is 0 Å². The number of fused-ring (bicyclic) bond motifs is 3. The van der Waals surface area contributed by atoms with E-state index < -0.39 is 0 Å². The summed E-state index contributed by atoms with van der Waals surface area (Å²) in [5.41, 5.74) is 11.0. The number of hydrogen-bond donors (Lipinski definition) is 2. The third-order valence-electron chi connectivity index (χ3n) is 7.19. The third-order valence-corrected chi connectivity index (χ3v) is 7.19. The Morgan fingerprint density at radius 1 is 1.15 bits per heavy atom. The Morgan fingerprint density at radius 3 is 2.30 bits per heavy atom. The zero-order valence-corrected chi connectivity index (χ0v) is 16.8. The Morgan fingerprint density at radius 2 is 1.78 bits per heavy atom. The van der Waals surface area contributed by atoms with E-state index >= 15 is 0 Å². The van der Waals surface area contributed by atoms with Crippen LogP contribution in [0.3, 0.4) is 0 Å². The number of benzene rings is 1. The maximum atomic E-state index is 12.7. The number of allylic oxidation sites excluding steroid dienone is 1. The minimum absolute atomic E-state index is 0.303. The highest BCUT2D eigenvalue weighted by molar-refractivity contribution is 5.33. The lowest BCUT2D eigenvalue weighted by molar-refractivity contribution is 0.0646. The minimum atomic E-state index is 0.303. The molecule has 4 rings (SSSR count). The van der Waals surface area contributed by atoms with Gasteiger partial charge in [-0.2, -0.15) is 0 Å². The fourth-order valence-corrected chi connectivity index (χ4v) is 5.07. The molecular weight excluding hydrogens is 335 g/mol. The Kier molecular flexibility index (Phi) is 6.41. The van der Waals surface area contributed by atoms with E-state index in [-0.39, 0.29) is 0 Å². The summed E-state index contributed by atoms with van der Waals surface area (Å²) < 4.78 is 12.7. The second kappa shape index (κ2) is 8.60. The van der Waals surface area contributed by atoms with Gasteiger partial charge >= 0.3 is 0 Å². The average molecular weight is 371 g/mol. The molecule has 1 aromatic carbocycles. The topological polar surface area (TPSA) is 38.0 Å². The van der Waals surface area contributed by atoms with Crippen LogP contribution in [0.1, 0.15) is 69.4 Å². The molecule has 2 bridgehead atoms. The van der Waals surface area contributed by atoms with Crippen LogP contribution in [0, 0.1) is 5.41 Å². The highest BCUT2D eigenvalue weighted by Gasteiger charge is 2.50. The lowest BCUT2D eigenvalue weighted by Gasteiger charge is -2.54. The number of halogens is 1. The first-order valence-corrected chi connectivity index (χ1v) is 10.6. The molecule has 0 radical (unpaired) electrons. The van der Waals surface area contributed by atoms with E-state index in [1.165, 1.54) is 55.3 Å². The molecule has 27 heavy (non-hydrogen) atoms. The Bertz CT molecular complexity index is 650. The summed E-state index contributed by atoms with van der Waals surface area (Å²) in [6.45, 7) is 7.94. The van der Waals surface area contributed by atoms with Crippen LogP contribution >= 0.6 is 0 Å². The molecule has 0 atom stereocenters. The van der Waals surface area contributed by atoms with Gasteiger partial charge in [-0.25, -0.2) is 4.39 Å². The van der Waals surface area contributed by atoms with Crippen molar-refractivity contribution in [2.75, 3.05) is 13.1 Å². The molecule has 3 aliphatic rings. The summed E-state index contributed by atoms with van der Waals surface area (Å²) in [5.74, 6) is 0. The van der Waals surface area contributed by atoms with Crippen LogP contribution in [0.15, 0.2) is 48.4 Å². The first-order valence-electron chi connectivity index (χ1n) is 10.6. The number of nitrogens with one attached hydrogen (secondary N) is 1. The summed E-state index contributed by atoms with van der Waals surface area (Å²) in [4.78, 5) is 0. The van der Waals surface area contributed by atoms with E-state index in [0.29, 0.717) is 35.7 Å². The zero-order chi connectivity index (χ0) is 19.3. The quantitative estimate of drug-likeness (QED) is 0.599. The van der Waals surface area contributed by atoms with Crippen molar-refractivity contribution in [3.63, 3.8) is 0 Å². The van der Waals surface area contributed by atoms with Gasteiger partial charge in [-0.3, -0.25) is 0 Å². The highest BCUT2D eigenvalue weighted by Crippen LogP contribution is 2.59. The fourth-order valence-electron chi connectivity index (χ4n) is 5.07. The van der Waals surface area contributed by atoms with Gasteiger partial charge in [-0.05, 0) is 79.9 Å². The van der Waals surface area contributed by atoms with E-state index in [9.17, 15) is 4.39 Å². The first-order chi connectivity index (χ1) is 13.1. The predicted molar refractivity (Wildman–Crippen MR) is 112 cm³/mol. The second-order valence-corrected chi connectivity index (χ2v) is 8.63. The zero-order valence-electron chi connectivity index (χ0n) is 16.8. The summed E-state index contributed by atoms with van der Waals surface area (Å²) in [6, 6.07) is 9.10. The molecule has 0 heterocycles. The van der Waals surface area contributed by atoms with E-state index in [1.807, 2.05) is 0 Å². The molecular formula is C24H35FN2. The van der Waals surface area contributed by atoms with Crippen molar-refractivity contribution in [1.29, 1.82) is 0 Å².